The fourth-order valence-electron chi connectivity index (χ4n) is 2.43. The van der Waals surface area contributed by atoms with Crippen molar-refractivity contribution in [2.75, 3.05) is 23.8 Å². The first-order valence-corrected chi connectivity index (χ1v) is 7.12. The largest absolute Gasteiger partial charge is 0.481 e. The second-order valence-corrected chi connectivity index (χ2v) is 5.47. The summed E-state index contributed by atoms with van der Waals surface area (Å²) in [4.78, 5) is 22.0. The Labute approximate surface area is 121 Å². The van der Waals surface area contributed by atoms with E-state index in [0.29, 0.717) is 23.7 Å². The predicted molar refractivity (Wildman–Crippen MR) is 77.7 cm³/mol. The maximum atomic E-state index is 11.3. The van der Waals surface area contributed by atoms with Gasteiger partial charge in [0.25, 0.3) is 11.6 Å². The van der Waals surface area contributed by atoms with Crippen LogP contribution >= 0.6 is 0 Å². The second kappa shape index (κ2) is 5.59. The molecule has 1 aromatic rings. The number of fused-ring (bicyclic) bond motifs is 1. The van der Waals surface area contributed by atoms with Crippen LogP contribution in [-0.2, 0) is 4.79 Å². The van der Waals surface area contributed by atoms with Crippen LogP contribution in [0.3, 0.4) is 0 Å². The number of amides is 1. The summed E-state index contributed by atoms with van der Waals surface area (Å²) in [7, 11) is 0. The highest BCUT2D eigenvalue weighted by atomic mass is 16.6. The molecule has 3 rings (SSSR count). The van der Waals surface area contributed by atoms with Gasteiger partial charge >= 0.3 is 0 Å². The molecule has 0 unspecified atom stereocenters. The van der Waals surface area contributed by atoms with Crippen LogP contribution in [-0.4, -0.2) is 24.0 Å². The number of rotatable bonds is 6. The van der Waals surface area contributed by atoms with Crippen molar-refractivity contribution in [1.29, 1.82) is 0 Å². The van der Waals surface area contributed by atoms with Crippen LogP contribution in [0.4, 0.5) is 17.1 Å². The Morgan fingerprint density at radius 3 is 2.95 bits per heavy atom. The molecule has 1 amide bonds. The number of anilines is 2. The van der Waals surface area contributed by atoms with Crippen LogP contribution in [0.2, 0.25) is 0 Å². The smallest absolute Gasteiger partial charge is 0.296 e. The predicted octanol–water partition coefficient (Wildman–Crippen LogP) is 2.53. The average Bonchev–Trinajstić information content (AvgIpc) is 3.26. The Balaban J connectivity index is 1.74. The van der Waals surface area contributed by atoms with E-state index in [9.17, 15) is 14.9 Å². The Morgan fingerprint density at radius 2 is 2.24 bits per heavy atom. The van der Waals surface area contributed by atoms with Gasteiger partial charge in [-0.05, 0) is 24.8 Å². The Bertz CT molecular complexity index is 584. The Hall–Kier alpha value is -2.31. The second-order valence-electron chi connectivity index (χ2n) is 5.47. The number of hydrogen-bond acceptors (Lipinski definition) is 5. The van der Waals surface area contributed by atoms with E-state index < -0.39 is 4.92 Å². The molecule has 0 bridgehead atoms. The Morgan fingerprint density at radius 1 is 1.43 bits per heavy atom. The molecule has 1 aromatic carbocycles. The first-order valence-electron chi connectivity index (χ1n) is 7.12. The monoisotopic (exact) mass is 291 g/mol. The lowest BCUT2D eigenvalue weighted by atomic mass is 10.2. The van der Waals surface area contributed by atoms with Gasteiger partial charge in [-0.25, -0.2) is 0 Å². The number of nitro benzene ring substituents is 1. The molecule has 112 valence electrons. The maximum absolute atomic E-state index is 11.3. The summed E-state index contributed by atoms with van der Waals surface area (Å²) >= 11 is 0. The van der Waals surface area contributed by atoms with Crippen LogP contribution in [0, 0.1) is 16.0 Å². The summed E-state index contributed by atoms with van der Waals surface area (Å²) in [6.07, 6.45) is 4.76. The van der Waals surface area contributed by atoms with Crippen molar-refractivity contribution in [3.8, 4) is 5.75 Å². The summed E-state index contributed by atoms with van der Waals surface area (Å²) < 4.78 is 5.20. The molecule has 2 N–H and O–H groups in total. The molecule has 0 spiro atoms. The molecular formula is C14H17N3O4. The van der Waals surface area contributed by atoms with E-state index in [-0.39, 0.29) is 18.2 Å². The topological polar surface area (TPSA) is 93.5 Å². The summed E-state index contributed by atoms with van der Waals surface area (Å²) in [5.74, 6) is 0.930. The van der Waals surface area contributed by atoms with Gasteiger partial charge in [0.1, 0.15) is 5.69 Å². The third kappa shape index (κ3) is 3.24. The lowest BCUT2D eigenvalue weighted by Crippen LogP contribution is -2.25. The number of ether oxygens (including phenoxy) is 1. The summed E-state index contributed by atoms with van der Waals surface area (Å²) in [6.45, 7) is 0.573. The minimum absolute atomic E-state index is 0.0312. The standard InChI is InChI=1S/C14H17N3O4/c18-14-8-21-13-7-12(17(19)20)10(6-11(13)16-14)15-5-1-2-9-3-4-9/h6-7,9,15H,1-5,8H2,(H,16,18). The number of carbonyl (C=O) groups is 1. The zero-order valence-electron chi connectivity index (χ0n) is 11.6. The number of nitro groups is 1. The summed E-state index contributed by atoms with van der Waals surface area (Å²) in [5, 5.41) is 16.9. The third-order valence-corrected chi connectivity index (χ3v) is 3.73. The molecular weight excluding hydrogens is 274 g/mol. The normalized spacial score (nSPS) is 16.7. The van der Waals surface area contributed by atoms with Crippen molar-refractivity contribution in [1.82, 2.24) is 0 Å². The van der Waals surface area contributed by atoms with Crippen molar-refractivity contribution in [2.45, 2.75) is 25.7 Å². The van der Waals surface area contributed by atoms with Crippen molar-refractivity contribution < 1.29 is 14.5 Å². The van der Waals surface area contributed by atoms with Crippen LogP contribution in [0.5, 0.6) is 5.75 Å². The van der Waals surface area contributed by atoms with E-state index in [4.69, 9.17) is 4.74 Å². The van der Waals surface area contributed by atoms with E-state index in [2.05, 4.69) is 10.6 Å². The highest BCUT2D eigenvalue weighted by molar-refractivity contribution is 5.96. The molecule has 1 saturated carbocycles. The zero-order chi connectivity index (χ0) is 14.8. The lowest BCUT2D eigenvalue weighted by Gasteiger charge is -2.19. The first kappa shape index (κ1) is 13.7. The van der Waals surface area contributed by atoms with Crippen molar-refractivity contribution in [3.05, 3.63) is 22.2 Å². The summed E-state index contributed by atoms with van der Waals surface area (Å²) in [6, 6.07) is 2.93. The first-order chi connectivity index (χ1) is 10.1. The van der Waals surface area contributed by atoms with E-state index in [1.165, 1.54) is 18.9 Å². The van der Waals surface area contributed by atoms with Crippen molar-refractivity contribution in [3.63, 3.8) is 0 Å². The quantitative estimate of drug-likeness (QED) is 0.477. The minimum atomic E-state index is -0.441. The molecule has 0 radical (unpaired) electrons. The lowest BCUT2D eigenvalue weighted by molar-refractivity contribution is -0.384. The van der Waals surface area contributed by atoms with Gasteiger partial charge in [0.2, 0.25) is 0 Å². The minimum Gasteiger partial charge on any atom is -0.481 e. The number of nitrogens with zero attached hydrogens (tertiary/aromatic N) is 1. The van der Waals surface area contributed by atoms with Gasteiger partial charge in [0.05, 0.1) is 16.7 Å². The molecule has 1 heterocycles. The number of benzene rings is 1. The van der Waals surface area contributed by atoms with Crippen molar-refractivity contribution in [2.24, 2.45) is 5.92 Å². The Kier molecular flexibility index (Phi) is 3.64. The molecule has 0 atom stereocenters. The molecule has 1 fully saturated rings. The number of nitrogens with one attached hydrogen (secondary N) is 2. The zero-order valence-corrected chi connectivity index (χ0v) is 11.6. The van der Waals surface area contributed by atoms with E-state index in [0.717, 1.165) is 18.8 Å². The number of hydrogen-bond donors (Lipinski definition) is 2. The third-order valence-electron chi connectivity index (χ3n) is 3.73. The van der Waals surface area contributed by atoms with Gasteiger partial charge in [0, 0.05) is 6.54 Å². The molecule has 1 aliphatic carbocycles. The van der Waals surface area contributed by atoms with Gasteiger partial charge in [0.15, 0.2) is 12.4 Å². The fourth-order valence-corrected chi connectivity index (χ4v) is 2.43. The van der Waals surface area contributed by atoms with Crippen LogP contribution in [0.25, 0.3) is 0 Å². The molecule has 21 heavy (non-hydrogen) atoms. The van der Waals surface area contributed by atoms with Gasteiger partial charge in [-0.3, -0.25) is 14.9 Å². The highest BCUT2D eigenvalue weighted by Crippen LogP contribution is 2.38. The van der Waals surface area contributed by atoms with E-state index in [1.54, 1.807) is 6.07 Å². The van der Waals surface area contributed by atoms with Gasteiger partial charge in [-0.15, -0.1) is 0 Å². The van der Waals surface area contributed by atoms with E-state index in [1.807, 2.05) is 0 Å². The van der Waals surface area contributed by atoms with Gasteiger partial charge < -0.3 is 15.4 Å². The SMILES string of the molecule is O=C1COc2cc([N+](=O)[O-])c(NCCCC3CC3)cc2N1. The highest BCUT2D eigenvalue weighted by Gasteiger charge is 2.24. The van der Waals surface area contributed by atoms with Gasteiger partial charge in [-0.2, -0.15) is 0 Å². The van der Waals surface area contributed by atoms with Crippen LogP contribution in [0.15, 0.2) is 12.1 Å². The number of carbonyl (C=O) groups excluding carboxylic acids is 1. The molecule has 7 heteroatoms. The van der Waals surface area contributed by atoms with Crippen LogP contribution < -0.4 is 15.4 Å². The molecule has 2 aliphatic rings. The van der Waals surface area contributed by atoms with Gasteiger partial charge in [-0.1, -0.05) is 12.8 Å². The van der Waals surface area contributed by atoms with Crippen molar-refractivity contribution >= 4 is 23.0 Å². The molecule has 7 nitrogen and oxygen atoms in total. The fraction of sp³-hybridized carbons (Fsp3) is 0.500. The molecule has 0 saturated heterocycles. The molecule has 1 aliphatic heterocycles. The van der Waals surface area contributed by atoms with E-state index >= 15 is 0 Å². The summed E-state index contributed by atoms with van der Waals surface area (Å²) in [5.41, 5.74) is 0.859. The molecule has 0 aromatic heterocycles. The average molecular weight is 291 g/mol. The van der Waals surface area contributed by atoms with Crippen LogP contribution in [0.1, 0.15) is 25.7 Å². The maximum Gasteiger partial charge on any atom is 0.296 e.